The summed E-state index contributed by atoms with van der Waals surface area (Å²) in [6, 6.07) is 23.9. The lowest BCUT2D eigenvalue weighted by Gasteiger charge is -2.19. The summed E-state index contributed by atoms with van der Waals surface area (Å²) in [6.07, 6.45) is 1.85. The fraction of sp³-hybridized carbons (Fsp3) is 0.120. The van der Waals surface area contributed by atoms with Crippen LogP contribution in [-0.4, -0.2) is 14.9 Å². The maximum atomic E-state index is 11.2. The number of aromatic amines is 2. The fourth-order valence-corrected chi connectivity index (χ4v) is 5.01. The minimum absolute atomic E-state index is 0.00519. The number of hydrogen-bond donors (Lipinski definition) is 2. The molecule has 2 N–H and O–H groups in total. The molecule has 5 heteroatoms. The lowest BCUT2D eigenvalue weighted by molar-refractivity contribution is -0.384. The molecular formula is C25H19N3O2. The quantitative estimate of drug-likeness (QED) is 0.292. The summed E-state index contributed by atoms with van der Waals surface area (Å²) in [5.74, 6) is 0.00519. The van der Waals surface area contributed by atoms with Crippen molar-refractivity contribution < 1.29 is 4.92 Å². The molecule has 30 heavy (non-hydrogen) atoms. The summed E-state index contributed by atoms with van der Waals surface area (Å²) >= 11 is 0. The average molecular weight is 393 g/mol. The molecule has 0 aliphatic heterocycles. The van der Waals surface area contributed by atoms with Crippen LogP contribution >= 0.6 is 0 Å². The van der Waals surface area contributed by atoms with Gasteiger partial charge in [-0.2, -0.15) is 0 Å². The zero-order valence-electron chi connectivity index (χ0n) is 16.2. The summed E-state index contributed by atoms with van der Waals surface area (Å²) in [5.41, 5.74) is 8.51. The number of aryl methyl sites for hydroxylation is 2. The van der Waals surface area contributed by atoms with E-state index < -0.39 is 0 Å². The van der Waals surface area contributed by atoms with Crippen LogP contribution in [-0.2, 0) is 12.8 Å². The van der Waals surface area contributed by atoms with Crippen molar-refractivity contribution in [2.24, 2.45) is 0 Å². The molecule has 146 valence electrons. The van der Waals surface area contributed by atoms with Gasteiger partial charge in [0.05, 0.1) is 4.92 Å². The highest BCUT2D eigenvalue weighted by Crippen LogP contribution is 2.45. The molecule has 2 heterocycles. The van der Waals surface area contributed by atoms with Gasteiger partial charge in [0, 0.05) is 51.2 Å². The van der Waals surface area contributed by atoms with Gasteiger partial charge >= 0.3 is 0 Å². The van der Waals surface area contributed by atoms with Gasteiger partial charge < -0.3 is 9.97 Å². The number of nitro benzene ring substituents is 1. The van der Waals surface area contributed by atoms with Crippen LogP contribution in [0.25, 0.3) is 21.8 Å². The Kier molecular flexibility index (Phi) is 3.59. The Morgan fingerprint density at radius 1 is 0.733 bits per heavy atom. The van der Waals surface area contributed by atoms with Gasteiger partial charge in [0.15, 0.2) is 0 Å². The SMILES string of the molecule is O=[N+]([O-])c1ccc(C2c3c([nH]c4ccccc34)CCc3[nH]c4ccccc4c32)cc1. The number of nitrogens with zero attached hydrogens (tertiary/aromatic N) is 1. The van der Waals surface area contributed by atoms with Crippen molar-refractivity contribution in [2.45, 2.75) is 18.8 Å². The van der Waals surface area contributed by atoms with Crippen LogP contribution in [0.5, 0.6) is 0 Å². The zero-order chi connectivity index (χ0) is 20.2. The molecule has 0 saturated heterocycles. The van der Waals surface area contributed by atoms with Gasteiger partial charge in [0.25, 0.3) is 5.69 Å². The predicted octanol–water partition coefficient (Wildman–Crippen LogP) is 5.84. The summed E-state index contributed by atoms with van der Waals surface area (Å²) < 4.78 is 0. The first-order valence-corrected chi connectivity index (χ1v) is 10.1. The second-order valence-corrected chi connectivity index (χ2v) is 7.91. The number of para-hydroxylation sites is 2. The van der Waals surface area contributed by atoms with Gasteiger partial charge in [-0.05, 0) is 41.7 Å². The number of rotatable bonds is 2. The Bertz CT molecular complexity index is 1340. The van der Waals surface area contributed by atoms with E-state index in [1.165, 1.54) is 33.3 Å². The second-order valence-electron chi connectivity index (χ2n) is 7.91. The molecule has 0 atom stereocenters. The van der Waals surface area contributed by atoms with Crippen molar-refractivity contribution in [2.75, 3.05) is 0 Å². The molecule has 5 aromatic rings. The van der Waals surface area contributed by atoms with Crippen LogP contribution in [0, 0.1) is 10.1 Å². The molecule has 0 bridgehead atoms. The van der Waals surface area contributed by atoms with E-state index in [1.807, 2.05) is 12.1 Å². The van der Waals surface area contributed by atoms with Gasteiger partial charge in [-0.25, -0.2) is 0 Å². The third-order valence-electron chi connectivity index (χ3n) is 6.30. The molecule has 0 saturated carbocycles. The first-order chi connectivity index (χ1) is 14.7. The maximum absolute atomic E-state index is 11.2. The molecule has 3 aromatic carbocycles. The van der Waals surface area contributed by atoms with Crippen molar-refractivity contribution in [3.05, 3.63) is 111 Å². The highest BCUT2D eigenvalue weighted by molar-refractivity contribution is 5.91. The van der Waals surface area contributed by atoms with E-state index in [9.17, 15) is 10.1 Å². The second kappa shape index (κ2) is 6.32. The third-order valence-corrected chi connectivity index (χ3v) is 6.30. The third kappa shape index (κ3) is 2.42. The van der Waals surface area contributed by atoms with Gasteiger partial charge in [-0.15, -0.1) is 0 Å². The summed E-state index contributed by atoms with van der Waals surface area (Å²) in [6.45, 7) is 0. The predicted molar refractivity (Wildman–Crippen MR) is 118 cm³/mol. The summed E-state index contributed by atoms with van der Waals surface area (Å²) in [4.78, 5) is 18.1. The van der Waals surface area contributed by atoms with Crippen LogP contribution < -0.4 is 0 Å². The molecule has 5 nitrogen and oxygen atoms in total. The summed E-state index contributed by atoms with van der Waals surface area (Å²) in [7, 11) is 0. The fourth-order valence-electron chi connectivity index (χ4n) is 5.01. The highest BCUT2D eigenvalue weighted by Gasteiger charge is 2.31. The maximum Gasteiger partial charge on any atom is 0.269 e. The van der Waals surface area contributed by atoms with E-state index in [1.54, 1.807) is 12.1 Å². The monoisotopic (exact) mass is 393 g/mol. The first-order valence-electron chi connectivity index (χ1n) is 10.1. The van der Waals surface area contributed by atoms with Crippen molar-refractivity contribution in [3.8, 4) is 0 Å². The van der Waals surface area contributed by atoms with Gasteiger partial charge in [0.1, 0.15) is 0 Å². The van der Waals surface area contributed by atoms with E-state index in [4.69, 9.17) is 0 Å². The van der Waals surface area contributed by atoms with Crippen molar-refractivity contribution in [1.29, 1.82) is 0 Å². The average Bonchev–Trinajstić information content (AvgIpc) is 3.27. The number of benzene rings is 3. The smallest absolute Gasteiger partial charge is 0.269 e. The van der Waals surface area contributed by atoms with Gasteiger partial charge in [-0.3, -0.25) is 10.1 Å². The minimum Gasteiger partial charge on any atom is -0.358 e. The Morgan fingerprint density at radius 2 is 1.23 bits per heavy atom. The van der Waals surface area contributed by atoms with Crippen LogP contribution in [0.1, 0.15) is 34.0 Å². The Labute approximate surface area is 172 Å². The van der Waals surface area contributed by atoms with E-state index in [2.05, 4.69) is 58.5 Å². The topological polar surface area (TPSA) is 74.7 Å². The normalized spacial score (nSPS) is 13.9. The lowest BCUT2D eigenvalue weighted by atomic mass is 9.83. The van der Waals surface area contributed by atoms with Crippen molar-refractivity contribution >= 4 is 27.5 Å². The first kappa shape index (κ1) is 17.0. The number of H-pyrrole nitrogens is 2. The molecule has 6 rings (SSSR count). The number of nitro groups is 1. The molecular weight excluding hydrogens is 374 g/mol. The minimum atomic E-state index is -0.342. The lowest BCUT2D eigenvalue weighted by Crippen LogP contribution is -2.05. The molecule has 0 fully saturated rings. The largest absolute Gasteiger partial charge is 0.358 e. The Hall–Kier alpha value is -3.86. The molecule has 0 radical (unpaired) electrons. The van der Waals surface area contributed by atoms with Crippen LogP contribution in [0.2, 0.25) is 0 Å². The number of nitrogens with one attached hydrogen (secondary N) is 2. The van der Waals surface area contributed by atoms with E-state index >= 15 is 0 Å². The Morgan fingerprint density at radius 3 is 1.73 bits per heavy atom. The van der Waals surface area contributed by atoms with Crippen molar-refractivity contribution in [1.82, 2.24) is 9.97 Å². The number of hydrogen-bond acceptors (Lipinski definition) is 2. The summed E-state index contributed by atoms with van der Waals surface area (Å²) in [5, 5.41) is 13.6. The van der Waals surface area contributed by atoms with Gasteiger partial charge in [-0.1, -0.05) is 48.5 Å². The van der Waals surface area contributed by atoms with Gasteiger partial charge in [0.2, 0.25) is 0 Å². The van der Waals surface area contributed by atoms with E-state index in [-0.39, 0.29) is 16.5 Å². The zero-order valence-corrected chi connectivity index (χ0v) is 16.2. The molecule has 0 spiro atoms. The molecule has 1 aliphatic rings. The highest BCUT2D eigenvalue weighted by atomic mass is 16.6. The van der Waals surface area contributed by atoms with Crippen LogP contribution in [0.15, 0.2) is 72.8 Å². The molecule has 0 amide bonds. The number of non-ortho nitro benzene ring substituents is 1. The van der Waals surface area contributed by atoms with Crippen molar-refractivity contribution in [3.63, 3.8) is 0 Å². The van der Waals surface area contributed by atoms with E-state index in [0.29, 0.717) is 0 Å². The standard InChI is InChI=1S/C25H19N3O2/c29-28(30)16-11-9-15(10-12-16)23-24-17-5-1-3-7-19(17)26-21(24)13-14-22-25(23)18-6-2-4-8-20(18)27-22/h1-12,23,26-27H,13-14H2. The molecule has 0 unspecified atom stereocenters. The van der Waals surface area contributed by atoms with E-state index in [0.717, 1.165) is 29.4 Å². The molecule has 2 aromatic heterocycles. The number of fused-ring (bicyclic) bond motifs is 6. The van der Waals surface area contributed by atoms with Crippen LogP contribution in [0.4, 0.5) is 5.69 Å². The molecule has 1 aliphatic carbocycles. The number of aromatic nitrogens is 2. The Balaban J connectivity index is 1.69. The van der Waals surface area contributed by atoms with Crippen LogP contribution in [0.3, 0.4) is 0 Å².